The minimum Gasteiger partial charge on any atom is -0.387 e. The lowest BCUT2D eigenvalue weighted by molar-refractivity contribution is -0.0559. The number of hydrogen-bond acceptors (Lipinski definition) is 9. The van der Waals surface area contributed by atoms with E-state index in [1.54, 1.807) is 6.20 Å². The highest BCUT2D eigenvalue weighted by Gasteiger charge is 2.45. The average molecular weight is 480 g/mol. The molecule has 0 amide bonds. The molecule has 4 N–H and O–H groups in total. The van der Waals surface area contributed by atoms with Gasteiger partial charge in [-0.2, -0.15) is 5.10 Å². The fourth-order valence-electron chi connectivity index (χ4n) is 3.26. The van der Waals surface area contributed by atoms with Crippen LogP contribution in [0.5, 0.6) is 0 Å². The van der Waals surface area contributed by atoms with Crippen molar-refractivity contribution in [2.75, 3.05) is 12.4 Å². The Balaban J connectivity index is 1.48. The van der Waals surface area contributed by atoms with Gasteiger partial charge in [-0.25, -0.2) is 19.2 Å². The van der Waals surface area contributed by atoms with Crippen molar-refractivity contribution in [3.63, 3.8) is 0 Å². The van der Waals surface area contributed by atoms with E-state index in [1.165, 1.54) is 22.8 Å². The first-order chi connectivity index (χ1) is 15.3. The largest absolute Gasteiger partial charge is 0.469 e. The van der Waals surface area contributed by atoms with Gasteiger partial charge in [0, 0.05) is 5.75 Å². The van der Waals surface area contributed by atoms with Crippen LogP contribution in [0.25, 0.3) is 17.1 Å². The average Bonchev–Trinajstić information content (AvgIpc) is 3.32. The van der Waals surface area contributed by atoms with Gasteiger partial charge in [-0.15, -0.1) is 11.8 Å². The molecule has 0 radical (unpaired) electrons. The topological polar surface area (TPSA) is 160 Å². The smallest absolute Gasteiger partial charge is 0.387 e. The highest BCUT2D eigenvalue weighted by molar-refractivity contribution is 7.99. The van der Waals surface area contributed by atoms with Crippen LogP contribution in [0.15, 0.2) is 54.0 Å². The van der Waals surface area contributed by atoms with E-state index in [0.717, 1.165) is 5.56 Å². The summed E-state index contributed by atoms with van der Waals surface area (Å²) in [4.78, 5) is 26.2. The number of benzene rings is 1. The summed E-state index contributed by atoms with van der Waals surface area (Å²) in [6.45, 7) is -0.595. The molecule has 4 atom stereocenters. The van der Waals surface area contributed by atoms with Gasteiger partial charge in [-0.05, 0) is 5.56 Å². The highest BCUT2D eigenvalue weighted by Crippen LogP contribution is 2.39. The van der Waals surface area contributed by atoms with E-state index in [-0.39, 0.29) is 0 Å². The first kappa shape index (κ1) is 23.0. The lowest BCUT2D eigenvalue weighted by atomic mass is 10.1. The number of fused-ring (bicyclic) bond motifs is 1. The fraction of sp³-hybridized carbons (Fsp3) is 0.316. The number of phosphoric acid groups is 1. The maximum Gasteiger partial charge on any atom is 0.469 e. The molecular formula is C19H21N4O7PS. The molecule has 11 nitrogen and oxygen atoms in total. The first-order valence-electron chi connectivity index (χ1n) is 9.58. The van der Waals surface area contributed by atoms with E-state index in [0.29, 0.717) is 21.8 Å². The predicted molar refractivity (Wildman–Crippen MR) is 115 cm³/mol. The van der Waals surface area contributed by atoms with Gasteiger partial charge in [0.2, 0.25) is 0 Å². The summed E-state index contributed by atoms with van der Waals surface area (Å²) in [5, 5.41) is 26.2. The summed E-state index contributed by atoms with van der Waals surface area (Å²) in [6.07, 6.45) is 1.85. The summed E-state index contributed by atoms with van der Waals surface area (Å²) in [7, 11) is -4.75. The van der Waals surface area contributed by atoms with Gasteiger partial charge in [-0.1, -0.05) is 42.5 Å². The maximum absolute atomic E-state index is 10.9. The zero-order valence-electron chi connectivity index (χ0n) is 16.6. The summed E-state index contributed by atoms with van der Waals surface area (Å²) in [5.74, 6) is 0.662. The molecule has 3 aromatic rings. The van der Waals surface area contributed by atoms with Crippen molar-refractivity contribution in [3.05, 3.63) is 54.5 Å². The van der Waals surface area contributed by atoms with Crippen LogP contribution in [0.1, 0.15) is 11.8 Å². The van der Waals surface area contributed by atoms with Crippen LogP contribution >= 0.6 is 19.6 Å². The van der Waals surface area contributed by atoms with Crippen molar-refractivity contribution in [1.82, 2.24) is 19.7 Å². The summed E-state index contributed by atoms with van der Waals surface area (Å²) >= 11 is 1.49. The van der Waals surface area contributed by atoms with Gasteiger partial charge in [0.1, 0.15) is 29.7 Å². The molecule has 1 aromatic carbocycles. The van der Waals surface area contributed by atoms with Gasteiger partial charge in [-0.3, -0.25) is 4.52 Å². The molecule has 2 aromatic heterocycles. The fourth-order valence-corrected chi connectivity index (χ4v) is 4.37. The third-order valence-electron chi connectivity index (χ3n) is 4.77. The van der Waals surface area contributed by atoms with Crippen LogP contribution < -0.4 is 0 Å². The van der Waals surface area contributed by atoms with Crippen LogP contribution in [0.4, 0.5) is 0 Å². The predicted octanol–water partition coefficient (Wildman–Crippen LogP) is 1.36. The summed E-state index contributed by atoms with van der Waals surface area (Å²) in [6, 6.07) is 9.91. The molecule has 0 bridgehead atoms. The van der Waals surface area contributed by atoms with E-state index in [2.05, 4.69) is 19.6 Å². The van der Waals surface area contributed by atoms with Crippen molar-refractivity contribution in [2.45, 2.75) is 29.6 Å². The summed E-state index contributed by atoms with van der Waals surface area (Å²) in [5.41, 5.74) is 1.49. The van der Waals surface area contributed by atoms with E-state index < -0.39 is 39.0 Å². The molecule has 1 aliphatic heterocycles. The van der Waals surface area contributed by atoms with Gasteiger partial charge in [0.15, 0.2) is 11.9 Å². The lowest BCUT2D eigenvalue weighted by Gasteiger charge is -2.15. The van der Waals surface area contributed by atoms with E-state index in [4.69, 9.17) is 14.5 Å². The minimum absolute atomic E-state index is 0.391. The molecule has 0 spiro atoms. The number of aliphatic hydroxyl groups excluding tert-OH is 2. The Labute approximate surface area is 187 Å². The van der Waals surface area contributed by atoms with Crippen molar-refractivity contribution >= 4 is 36.7 Å². The number of rotatable bonds is 8. The van der Waals surface area contributed by atoms with Gasteiger partial charge < -0.3 is 24.7 Å². The van der Waals surface area contributed by atoms with E-state index in [9.17, 15) is 14.8 Å². The van der Waals surface area contributed by atoms with Gasteiger partial charge in [0.25, 0.3) is 0 Å². The lowest BCUT2D eigenvalue weighted by Crippen LogP contribution is -2.33. The molecule has 0 aliphatic carbocycles. The normalized spacial score (nSPS) is 24.0. The molecular weight excluding hydrogens is 459 g/mol. The van der Waals surface area contributed by atoms with Crippen LogP contribution in [-0.4, -0.2) is 70.4 Å². The van der Waals surface area contributed by atoms with Crippen molar-refractivity contribution in [1.29, 1.82) is 0 Å². The number of phosphoric ester groups is 1. The molecule has 1 fully saturated rings. The molecule has 170 valence electrons. The van der Waals surface area contributed by atoms with Crippen LogP contribution in [-0.2, 0) is 13.8 Å². The standard InChI is InChI=1S/C19H21N4O7PS/c24-15-14(10-29-31(26,27)28)30-19(16(15)25)23-17-13(9-22-23)18(21-11-20-17)32-8-4-7-12-5-2-1-3-6-12/h1-7,9,11,14-16,19,24-25H,8,10H2,(H2,26,27,28)/b7-4+. The van der Waals surface area contributed by atoms with Crippen molar-refractivity contribution in [2.24, 2.45) is 0 Å². The van der Waals surface area contributed by atoms with Gasteiger partial charge in [0.05, 0.1) is 18.2 Å². The van der Waals surface area contributed by atoms with Crippen LogP contribution in [0.2, 0.25) is 0 Å². The Morgan fingerprint density at radius 1 is 1.19 bits per heavy atom. The highest BCUT2D eigenvalue weighted by atomic mass is 32.2. The van der Waals surface area contributed by atoms with Crippen molar-refractivity contribution < 1.29 is 33.8 Å². The SMILES string of the molecule is O=P(O)(O)OCC1OC(n2ncc3c(SC/C=C/c4ccccc4)ncnc32)C(O)C1O. The molecule has 4 unspecified atom stereocenters. The van der Waals surface area contributed by atoms with Gasteiger partial charge >= 0.3 is 7.82 Å². The number of ether oxygens (including phenoxy) is 1. The Bertz CT molecular complexity index is 1140. The number of thioether (sulfide) groups is 1. The third kappa shape index (κ3) is 5.25. The molecule has 13 heteroatoms. The maximum atomic E-state index is 10.9. The first-order valence-corrected chi connectivity index (χ1v) is 12.1. The quantitative estimate of drug-likeness (QED) is 0.209. The van der Waals surface area contributed by atoms with Crippen LogP contribution in [0.3, 0.4) is 0 Å². The Hall–Kier alpha value is -2.15. The number of aliphatic hydroxyl groups is 2. The Morgan fingerprint density at radius 3 is 2.72 bits per heavy atom. The van der Waals surface area contributed by atoms with Crippen LogP contribution in [0, 0.1) is 0 Å². The zero-order valence-corrected chi connectivity index (χ0v) is 18.3. The molecule has 4 rings (SSSR count). The van der Waals surface area contributed by atoms with E-state index >= 15 is 0 Å². The molecule has 32 heavy (non-hydrogen) atoms. The second kappa shape index (κ2) is 9.77. The number of nitrogens with zero attached hydrogens (tertiary/aromatic N) is 4. The molecule has 3 heterocycles. The Morgan fingerprint density at radius 2 is 1.97 bits per heavy atom. The second-order valence-electron chi connectivity index (χ2n) is 6.96. The van der Waals surface area contributed by atoms with E-state index in [1.807, 2.05) is 42.5 Å². The second-order valence-corrected chi connectivity index (χ2v) is 9.21. The monoisotopic (exact) mass is 480 g/mol. The minimum atomic E-state index is -4.75. The Kier molecular flexibility index (Phi) is 7.03. The molecule has 1 saturated heterocycles. The molecule has 1 aliphatic rings. The number of aromatic nitrogens is 4. The number of hydrogen-bond donors (Lipinski definition) is 4. The van der Waals surface area contributed by atoms with Crippen molar-refractivity contribution in [3.8, 4) is 0 Å². The molecule has 0 saturated carbocycles. The third-order valence-corrected chi connectivity index (χ3v) is 6.21. The zero-order chi connectivity index (χ0) is 22.7. The summed E-state index contributed by atoms with van der Waals surface area (Å²) < 4.78 is 22.2.